The highest BCUT2D eigenvalue weighted by molar-refractivity contribution is 4.84. The molecule has 0 nitrogen and oxygen atoms in total. The fraction of sp³-hybridized carbons (Fsp3) is 1.00. The van der Waals surface area contributed by atoms with Crippen LogP contribution in [0.5, 0.6) is 0 Å². The van der Waals surface area contributed by atoms with Crippen molar-refractivity contribution < 1.29 is 8.78 Å². The average Bonchev–Trinajstić information content (AvgIpc) is 2.29. The van der Waals surface area contributed by atoms with Gasteiger partial charge in [-0.15, -0.1) is 0 Å². The van der Waals surface area contributed by atoms with Crippen molar-refractivity contribution in [2.24, 2.45) is 23.7 Å². The van der Waals surface area contributed by atoms with E-state index in [0.717, 1.165) is 30.6 Å². The van der Waals surface area contributed by atoms with Crippen LogP contribution in [0.4, 0.5) is 8.78 Å². The quantitative estimate of drug-likeness (QED) is 0.620. The Bertz CT molecular complexity index is 229. The summed E-state index contributed by atoms with van der Waals surface area (Å²) in [6.07, 6.45) is 7.06. The molecule has 0 amide bonds. The van der Waals surface area contributed by atoms with E-state index < -0.39 is 5.92 Å². The van der Waals surface area contributed by atoms with Crippen molar-refractivity contribution >= 4 is 0 Å². The molecule has 2 aliphatic carbocycles. The zero-order valence-electron chi connectivity index (χ0n) is 11.2. The minimum absolute atomic E-state index is 0.141. The Morgan fingerprint density at radius 1 is 0.824 bits per heavy atom. The maximum Gasteiger partial charge on any atom is 0.248 e. The minimum Gasteiger partial charge on any atom is -0.207 e. The predicted molar refractivity (Wildman–Crippen MR) is 67.2 cm³/mol. The van der Waals surface area contributed by atoms with Gasteiger partial charge < -0.3 is 0 Å². The Morgan fingerprint density at radius 3 is 1.76 bits per heavy atom. The fourth-order valence-electron chi connectivity index (χ4n) is 3.82. The molecule has 0 unspecified atom stereocenters. The summed E-state index contributed by atoms with van der Waals surface area (Å²) < 4.78 is 26.2. The third-order valence-electron chi connectivity index (χ3n) is 5.19. The number of hydrogen-bond acceptors (Lipinski definition) is 0. The van der Waals surface area contributed by atoms with Crippen LogP contribution in [0.1, 0.15) is 65.2 Å². The van der Waals surface area contributed by atoms with Crippen LogP contribution in [0, 0.1) is 23.7 Å². The van der Waals surface area contributed by atoms with Crippen LogP contribution >= 0.6 is 0 Å². The van der Waals surface area contributed by atoms with Crippen molar-refractivity contribution in [1.82, 2.24) is 0 Å². The Morgan fingerprint density at radius 2 is 1.29 bits per heavy atom. The Hall–Kier alpha value is -0.140. The van der Waals surface area contributed by atoms with E-state index in [9.17, 15) is 8.78 Å². The number of rotatable bonds is 2. The molecule has 17 heavy (non-hydrogen) atoms. The van der Waals surface area contributed by atoms with Crippen LogP contribution < -0.4 is 0 Å². The van der Waals surface area contributed by atoms with Crippen LogP contribution in [0.25, 0.3) is 0 Å². The molecule has 0 aliphatic heterocycles. The summed E-state index contributed by atoms with van der Waals surface area (Å²) in [6.45, 7) is 4.62. The van der Waals surface area contributed by atoms with Gasteiger partial charge in [-0.05, 0) is 62.2 Å². The largest absolute Gasteiger partial charge is 0.248 e. The van der Waals surface area contributed by atoms with Gasteiger partial charge in [0, 0.05) is 12.8 Å². The van der Waals surface area contributed by atoms with Gasteiger partial charge in [0.2, 0.25) is 5.92 Å². The molecule has 2 saturated carbocycles. The topological polar surface area (TPSA) is 0 Å². The van der Waals surface area contributed by atoms with E-state index >= 15 is 0 Å². The van der Waals surface area contributed by atoms with Gasteiger partial charge in [-0.3, -0.25) is 0 Å². The molecule has 2 fully saturated rings. The lowest BCUT2D eigenvalue weighted by Gasteiger charge is -2.38. The van der Waals surface area contributed by atoms with Gasteiger partial charge in [-0.25, -0.2) is 8.78 Å². The van der Waals surface area contributed by atoms with Crippen molar-refractivity contribution in [2.45, 2.75) is 71.1 Å². The molecule has 0 heterocycles. The molecule has 0 saturated heterocycles. The molecule has 2 heteroatoms. The maximum absolute atomic E-state index is 13.1. The maximum atomic E-state index is 13.1. The second kappa shape index (κ2) is 5.24. The lowest BCUT2D eigenvalue weighted by Crippen LogP contribution is -2.31. The summed E-state index contributed by atoms with van der Waals surface area (Å²) in [7, 11) is 0. The summed E-state index contributed by atoms with van der Waals surface area (Å²) >= 11 is 0. The minimum atomic E-state index is -2.36. The molecule has 0 aromatic rings. The molecular weight excluding hydrogens is 218 g/mol. The van der Waals surface area contributed by atoms with E-state index in [0.29, 0.717) is 5.92 Å². The van der Waals surface area contributed by atoms with Crippen LogP contribution in [0.15, 0.2) is 0 Å². The average molecular weight is 244 g/mol. The van der Waals surface area contributed by atoms with Crippen LogP contribution in [-0.2, 0) is 0 Å². The first kappa shape index (κ1) is 13.3. The van der Waals surface area contributed by atoms with E-state index in [1.54, 1.807) is 0 Å². The van der Waals surface area contributed by atoms with Gasteiger partial charge in [-0.1, -0.05) is 13.8 Å². The van der Waals surface area contributed by atoms with Gasteiger partial charge in [0.25, 0.3) is 0 Å². The second-order valence-corrected chi connectivity index (χ2v) is 6.61. The molecule has 100 valence electrons. The lowest BCUT2D eigenvalue weighted by molar-refractivity contribution is -0.0553. The highest BCUT2D eigenvalue weighted by atomic mass is 19.3. The van der Waals surface area contributed by atoms with Crippen molar-refractivity contribution in [3.05, 3.63) is 0 Å². The lowest BCUT2D eigenvalue weighted by atomic mass is 9.69. The van der Waals surface area contributed by atoms with Gasteiger partial charge in [0.1, 0.15) is 0 Å². The van der Waals surface area contributed by atoms with Crippen LogP contribution in [-0.4, -0.2) is 5.92 Å². The molecule has 0 aromatic carbocycles. The van der Waals surface area contributed by atoms with E-state index in [1.807, 2.05) is 0 Å². The zero-order chi connectivity index (χ0) is 12.5. The van der Waals surface area contributed by atoms with E-state index in [4.69, 9.17) is 0 Å². The van der Waals surface area contributed by atoms with Crippen LogP contribution in [0.3, 0.4) is 0 Å². The predicted octanol–water partition coefficient (Wildman–Crippen LogP) is 5.27. The highest BCUT2D eigenvalue weighted by Crippen LogP contribution is 2.44. The third kappa shape index (κ3) is 3.42. The summed E-state index contributed by atoms with van der Waals surface area (Å²) in [4.78, 5) is 0. The van der Waals surface area contributed by atoms with Gasteiger partial charge >= 0.3 is 0 Å². The normalized spacial score (nSPS) is 35.1. The van der Waals surface area contributed by atoms with E-state index in [2.05, 4.69) is 13.8 Å². The number of alkyl halides is 2. The summed E-state index contributed by atoms with van der Waals surface area (Å²) in [5.74, 6) is 0.679. The Labute approximate surface area is 104 Å². The molecule has 0 aromatic heterocycles. The molecular formula is C15H26F2. The molecule has 0 radical (unpaired) electrons. The van der Waals surface area contributed by atoms with Crippen molar-refractivity contribution in [3.8, 4) is 0 Å². The summed E-state index contributed by atoms with van der Waals surface area (Å²) in [6, 6.07) is 0. The standard InChI is InChI=1S/C15H26F2/c1-11(2)12-3-5-13(6-4-12)14-7-9-15(16,17)10-8-14/h11-14H,3-10H2,1-2H3/t12-,13-. The Balaban J connectivity index is 1.78. The van der Waals surface area contributed by atoms with Crippen molar-refractivity contribution in [3.63, 3.8) is 0 Å². The van der Waals surface area contributed by atoms with Crippen molar-refractivity contribution in [1.29, 1.82) is 0 Å². The van der Waals surface area contributed by atoms with Crippen LogP contribution in [0.2, 0.25) is 0 Å². The first-order valence-corrected chi connectivity index (χ1v) is 7.36. The van der Waals surface area contributed by atoms with Crippen molar-refractivity contribution in [2.75, 3.05) is 0 Å². The molecule has 2 rings (SSSR count). The first-order valence-electron chi connectivity index (χ1n) is 7.36. The molecule has 0 bridgehead atoms. The molecule has 0 N–H and O–H groups in total. The Kier molecular flexibility index (Phi) is 4.10. The monoisotopic (exact) mass is 244 g/mol. The highest BCUT2D eigenvalue weighted by Gasteiger charge is 2.38. The second-order valence-electron chi connectivity index (χ2n) is 6.61. The number of hydrogen-bond donors (Lipinski definition) is 0. The molecule has 0 spiro atoms. The smallest absolute Gasteiger partial charge is 0.207 e. The summed E-state index contributed by atoms with van der Waals surface area (Å²) in [5.41, 5.74) is 0. The van der Waals surface area contributed by atoms with Gasteiger partial charge in [0.05, 0.1) is 0 Å². The van der Waals surface area contributed by atoms with Gasteiger partial charge in [0.15, 0.2) is 0 Å². The fourth-order valence-corrected chi connectivity index (χ4v) is 3.82. The number of halogens is 2. The molecule has 0 atom stereocenters. The first-order chi connectivity index (χ1) is 7.98. The third-order valence-corrected chi connectivity index (χ3v) is 5.19. The van der Waals surface area contributed by atoms with E-state index in [-0.39, 0.29) is 12.8 Å². The van der Waals surface area contributed by atoms with Gasteiger partial charge in [-0.2, -0.15) is 0 Å². The SMILES string of the molecule is CC(C)[C@H]1CC[C@H](C2CCC(F)(F)CC2)CC1. The summed E-state index contributed by atoms with van der Waals surface area (Å²) in [5, 5.41) is 0. The van der Waals surface area contributed by atoms with E-state index in [1.165, 1.54) is 25.7 Å². The zero-order valence-corrected chi connectivity index (χ0v) is 11.2. The molecule has 2 aliphatic rings.